The average Bonchev–Trinajstić information content (AvgIpc) is 3.52. The third-order valence-electron chi connectivity index (χ3n) is 5.95. The van der Waals surface area contributed by atoms with Crippen molar-refractivity contribution in [1.82, 2.24) is 9.88 Å². The molecule has 2 aromatic rings. The molecule has 2 aliphatic rings. The normalized spacial score (nSPS) is 15.3. The molecule has 32 heavy (non-hydrogen) atoms. The Kier molecular flexibility index (Phi) is 6.65. The molecule has 8 heteroatoms. The number of ether oxygens (including phenoxy) is 1. The Hall–Kier alpha value is -2.48. The smallest absolute Gasteiger partial charge is 0.182 e. The molecule has 172 valence electrons. The Morgan fingerprint density at radius 1 is 1.31 bits per heavy atom. The van der Waals surface area contributed by atoms with Crippen molar-refractivity contribution >= 4 is 34.3 Å². The number of hydrogen-bond donors (Lipinski definition) is 1. The maximum absolute atomic E-state index is 14.9. The highest BCUT2D eigenvalue weighted by Gasteiger charge is 2.32. The van der Waals surface area contributed by atoms with Crippen molar-refractivity contribution < 1.29 is 13.9 Å². The van der Waals surface area contributed by atoms with Crippen molar-refractivity contribution in [3.63, 3.8) is 0 Å². The number of benzene rings is 1. The van der Waals surface area contributed by atoms with Gasteiger partial charge < -0.3 is 14.5 Å². The number of hydrogen-bond acceptors (Lipinski definition) is 5. The summed E-state index contributed by atoms with van der Waals surface area (Å²) in [5, 5.41) is 8.54. The second kappa shape index (κ2) is 8.81. The minimum atomic E-state index is -1.67. The largest absolute Gasteiger partial charge is 0.494 e. The van der Waals surface area contributed by atoms with E-state index >= 15 is 0 Å². The molecule has 0 radical (unpaired) electrons. The molecule has 0 saturated heterocycles. The van der Waals surface area contributed by atoms with Gasteiger partial charge in [-0.1, -0.05) is 6.07 Å². The van der Waals surface area contributed by atoms with E-state index in [1.54, 1.807) is 17.0 Å². The quantitative estimate of drug-likeness (QED) is 0.546. The summed E-state index contributed by atoms with van der Waals surface area (Å²) in [5.74, 6) is 1.04. The average molecular weight is 505 g/mol. The molecule has 1 aliphatic carbocycles. The van der Waals surface area contributed by atoms with Gasteiger partial charge in [-0.05, 0) is 44.9 Å². The zero-order chi connectivity index (χ0) is 22.5. The number of aromatic nitrogens is 1. The van der Waals surface area contributed by atoms with Crippen molar-refractivity contribution in [2.75, 3.05) is 32.6 Å². The van der Waals surface area contributed by atoms with Crippen LogP contribution in [0.5, 0.6) is 5.75 Å². The van der Waals surface area contributed by atoms with E-state index in [2.05, 4.69) is 4.98 Å². The molecular weight excluding hydrogens is 475 g/mol. The summed E-state index contributed by atoms with van der Waals surface area (Å²) >= 11 is 0. The van der Waals surface area contributed by atoms with Crippen LogP contribution in [-0.2, 0) is 12.2 Å². The molecule has 0 unspecified atom stereocenters. The Labute approximate surface area is 199 Å². The van der Waals surface area contributed by atoms with Gasteiger partial charge in [0.15, 0.2) is 5.78 Å². The van der Waals surface area contributed by atoms with Gasteiger partial charge in [-0.15, -0.1) is 17.0 Å². The number of amidine groups is 1. The van der Waals surface area contributed by atoms with Crippen LogP contribution in [0.4, 0.5) is 10.1 Å². The van der Waals surface area contributed by atoms with Crippen LogP contribution in [0.1, 0.15) is 65.5 Å². The topological polar surface area (TPSA) is 69.5 Å². The van der Waals surface area contributed by atoms with E-state index in [0.29, 0.717) is 40.7 Å². The first-order chi connectivity index (χ1) is 14.6. The van der Waals surface area contributed by atoms with Crippen molar-refractivity contribution in [3.8, 4) is 5.75 Å². The van der Waals surface area contributed by atoms with Gasteiger partial charge in [0.2, 0.25) is 0 Å². The first-order valence-corrected chi connectivity index (χ1v) is 10.6. The van der Waals surface area contributed by atoms with E-state index in [1.165, 1.54) is 21.0 Å². The lowest BCUT2D eigenvalue weighted by Gasteiger charge is -2.25. The fourth-order valence-corrected chi connectivity index (χ4v) is 4.04. The standard InChI is InChI=1S/C24H29FN4O2.BrH/c1-24(2,25)17-10-16(11-19(28(3)4)22(17)31-5)20(30)13-29-12-15-8-9-18(14-6-7-14)27-21(15)23(29)26;/h8-11,14,26H,6-7,12-13H2,1-5H3;1H. The molecule has 0 amide bonds. The number of halogens is 2. The van der Waals surface area contributed by atoms with Gasteiger partial charge in [0, 0.05) is 48.9 Å². The van der Waals surface area contributed by atoms with Gasteiger partial charge in [-0.2, -0.15) is 0 Å². The number of rotatable bonds is 7. The molecule has 6 nitrogen and oxygen atoms in total. The first-order valence-electron chi connectivity index (χ1n) is 10.6. The summed E-state index contributed by atoms with van der Waals surface area (Å²) < 4.78 is 20.4. The van der Waals surface area contributed by atoms with Crippen LogP contribution in [0, 0.1) is 5.41 Å². The van der Waals surface area contributed by atoms with Crippen molar-refractivity contribution in [3.05, 3.63) is 52.3 Å². The molecule has 2 heterocycles. The fourth-order valence-electron chi connectivity index (χ4n) is 4.04. The number of methoxy groups -OCH3 is 1. The minimum Gasteiger partial charge on any atom is -0.494 e. The zero-order valence-corrected chi connectivity index (χ0v) is 20.9. The molecule has 1 N–H and O–H groups in total. The first kappa shape index (κ1) is 24.2. The van der Waals surface area contributed by atoms with Crippen molar-refractivity contribution in [1.29, 1.82) is 5.41 Å². The van der Waals surface area contributed by atoms with Gasteiger partial charge in [0.1, 0.15) is 22.9 Å². The predicted octanol–water partition coefficient (Wildman–Crippen LogP) is 4.84. The second-order valence-electron chi connectivity index (χ2n) is 9.09. The van der Waals surface area contributed by atoms with Crippen molar-refractivity contribution in [2.45, 2.75) is 44.8 Å². The number of carbonyl (C=O) groups excluding carboxylic acids is 1. The van der Waals surface area contributed by atoms with Gasteiger partial charge in [0.05, 0.1) is 19.3 Å². The fraction of sp³-hybridized carbons (Fsp3) is 0.458. The number of nitrogens with zero attached hydrogens (tertiary/aromatic N) is 3. The number of pyridine rings is 1. The third-order valence-corrected chi connectivity index (χ3v) is 5.95. The molecule has 0 atom stereocenters. The molecule has 1 fully saturated rings. The van der Waals surface area contributed by atoms with E-state index in [-0.39, 0.29) is 35.1 Å². The molecule has 0 bridgehead atoms. The Morgan fingerprint density at radius 2 is 2.00 bits per heavy atom. The van der Waals surface area contributed by atoms with E-state index in [1.807, 2.05) is 31.1 Å². The highest BCUT2D eigenvalue weighted by molar-refractivity contribution is 8.93. The summed E-state index contributed by atoms with van der Waals surface area (Å²) in [6, 6.07) is 7.37. The van der Waals surface area contributed by atoms with Crippen molar-refractivity contribution in [2.24, 2.45) is 0 Å². The monoisotopic (exact) mass is 504 g/mol. The predicted molar refractivity (Wildman–Crippen MR) is 130 cm³/mol. The molecule has 4 rings (SSSR count). The summed E-state index contributed by atoms with van der Waals surface area (Å²) in [6.07, 6.45) is 2.31. The van der Waals surface area contributed by atoms with Crippen LogP contribution < -0.4 is 9.64 Å². The van der Waals surface area contributed by atoms with E-state index in [0.717, 1.165) is 24.1 Å². The number of Topliss-reactive ketones (excluding diaryl/α,β-unsaturated/α-hetero) is 1. The number of anilines is 1. The Bertz CT molecular complexity index is 1060. The highest BCUT2D eigenvalue weighted by atomic mass is 79.9. The number of alkyl halides is 1. The lowest BCUT2D eigenvalue weighted by molar-refractivity contribution is 0.0962. The third kappa shape index (κ3) is 4.51. The molecular formula is C24H30BrFN4O2. The molecule has 1 aromatic heterocycles. The van der Waals surface area contributed by atoms with Crippen LogP contribution in [0.15, 0.2) is 24.3 Å². The second-order valence-corrected chi connectivity index (χ2v) is 9.09. The molecule has 1 saturated carbocycles. The number of carbonyl (C=O) groups is 1. The highest BCUT2D eigenvalue weighted by Crippen LogP contribution is 2.41. The van der Waals surface area contributed by atoms with Crippen LogP contribution in [0.25, 0.3) is 0 Å². The minimum absolute atomic E-state index is 0. The lowest BCUT2D eigenvalue weighted by atomic mass is 9.94. The lowest BCUT2D eigenvalue weighted by Crippen LogP contribution is -2.31. The summed E-state index contributed by atoms with van der Waals surface area (Å²) in [5.41, 5.74) is 2.39. The van der Waals surface area contributed by atoms with E-state index in [4.69, 9.17) is 10.1 Å². The summed E-state index contributed by atoms with van der Waals surface area (Å²) in [7, 11) is 5.17. The summed E-state index contributed by atoms with van der Waals surface area (Å²) in [4.78, 5) is 21.4. The number of ketones is 1. The Balaban J connectivity index is 0.00000289. The van der Waals surface area contributed by atoms with E-state index < -0.39 is 5.67 Å². The molecule has 1 aliphatic heterocycles. The van der Waals surface area contributed by atoms with Crippen LogP contribution in [0.2, 0.25) is 0 Å². The van der Waals surface area contributed by atoms with E-state index in [9.17, 15) is 9.18 Å². The van der Waals surface area contributed by atoms with Crippen LogP contribution in [0.3, 0.4) is 0 Å². The maximum atomic E-state index is 14.9. The SMILES string of the molecule is Br.COc1c(N(C)C)cc(C(=O)CN2Cc3ccc(C4CC4)nc3C2=N)cc1C(C)(C)F. The summed E-state index contributed by atoms with van der Waals surface area (Å²) in [6.45, 7) is 3.43. The van der Waals surface area contributed by atoms with Gasteiger partial charge in [0.25, 0.3) is 0 Å². The van der Waals surface area contributed by atoms with Crippen LogP contribution in [-0.4, -0.2) is 49.3 Å². The van der Waals surface area contributed by atoms with Gasteiger partial charge in [-0.3, -0.25) is 10.2 Å². The number of nitrogens with one attached hydrogen (secondary N) is 1. The van der Waals surface area contributed by atoms with Crippen LogP contribution >= 0.6 is 17.0 Å². The Morgan fingerprint density at radius 3 is 2.56 bits per heavy atom. The number of fused-ring (bicyclic) bond motifs is 1. The maximum Gasteiger partial charge on any atom is 0.182 e. The zero-order valence-electron chi connectivity index (χ0n) is 19.2. The molecule has 1 aromatic carbocycles. The molecule has 0 spiro atoms. The van der Waals surface area contributed by atoms with Gasteiger partial charge >= 0.3 is 0 Å². The van der Waals surface area contributed by atoms with Gasteiger partial charge in [-0.25, -0.2) is 9.37 Å².